The van der Waals surface area contributed by atoms with Crippen LogP contribution in [-0.2, 0) is 22.7 Å². The summed E-state index contributed by atoms with van der Waals surface area (Å²) < 4.78 is 16.9. The van der Waals surface area contributed by atoms with Crippen LogP contribution in [0.25, 0.3) is 5.76 Å². The van der Waals surface area contributed by atoms with Gasteiger partial charge in [-0.05, 0) is 82.5 Å². The molecule has 3 aromatic carbocycles. The predicted octanol–water partition coefficient (Wildman–Crippen LogP) is 6.27. The number of phenolic OH excluding ortho intramolecular Hbond substituents is 1. The van der Waals surface area contributed by atoms with Crippen LogP contribution in [-0.4, -0.2) is 33.9 Å². The van der Waals surface area contributed by atoms with Gasteiger partial charge >= 0.3 is 0 Å². The molecule has 40 heavy (non-hydrogen) atoms. The maximum Gasteiger partial charge on any atom is 0.296 e. The summed E-state index contributed by atoms with van der Waals surface area (Å²) in [6, 6.07) is 20.2. The first-order chi connectivity index (χ1) is 19.3. The summed E-state index contributed by atoms with van der Waals surface area (Å²) in [4.78, 5) is 27.9. The van der Waals surface area contributed by atoms with Crippen molar-refractivity contribution in [3.8, 4) is 17.2 Å². The highest BCUT2D eigenvalue weighted by atomic mass is 79.9. The molecule has 0 aliphatic carbocycles. The molecule has 1 aliphatic rings. The molecule has 0 spiro atoms. The van der Waals surface area contributed by atoms with Gasteiger partial charge in [0.2, 0.25) is 0 Å². The van der Waals surface area contributed by atoms with Gasteiger partial charge in [-0.1, -0.05) is 29.8 Å². The van der Waals surface area contributed by atoms with E-state index in [0.717, 1.165) is 11.1 Å². The second-order valence-electron chi connectivity index (χ2n) is 9.36. The summed E-state index contributed by atoms with van der Waals surface area (Å²) >= 11 is 3.31. The molecule has 1 aromatic heterocycles. The highest BCUT2D eigenvalue weighted by molar-refractivity contribution is 9.10. The third-order valence-electron chi connectivity index (χ3n) is 6.65. The number of likely N-dealkylation sites (tertiary alicyclic amines) is 1. The van der Waals surface area contributed by atoms with Crippen LogP contribution >= 0.6 is 15.9 Å². The van der Waals surface area contributed by atoms with Gasteiger partial charge in [-0.25, -0.2) is 0 Å². The van der Waals surface area contributed by atoms with Gasteiger partial charge in [0.1, 0.15) is 23.9 Å². The Hall–Kier alpha value is -4.50. The molecule has 1 amide bonds. The van der Waals surface area contributed by atoms with Crippen molar-refractivity contribution >= 4 is 33.4 Å². The summed E-state index contributed by atoms with van der Waals surface area (Å²) in [5.41, 5.74) is 2.86. The van der Waals surface area contributed by atoms with Gasteiger partial charge in [0.25, 0.3) is 11.7 Å². The minimum Gasteiger partial charge on any atom is -0.507 e. The lowest BCUT2D eigenvalue weighted by Gasteiger charge is -2.25. The van der Waals surface area contributed by atoms with Crippen molar-refractivity contribution in [1.29, 1.82) is 0 Å². The lowest BCUT2D eigenvalue weighted by atomic mass is 9.95. The second-order valence-corrected chi connectivity index (χ2v) is 10.2. The zero-order valence-electron chi connectivity index (χ0n) is 21.8. The smallest absolute Gasteiger partial charge is 0.296 e. The molecule has 5 rings (SSSR count). The molecule has 4 aromatic rings. The van der Waals surface area contributed by atoms with E-state index < -0.39 is 17.7 Å². The highest BCUT2D eigenvalue weighted by Crippen LogP contribution is 2.45. The van der Waals surface area contributed by atoms with Crippen LogP contribution in [0.15, 0.2) is 93.5 Å². The SMILES string of the molecule is COc1cc(C2C(=C(O)c3ccc(OCc4cccc(C)c4)cc3)C(=O)C(=O)N2Cc2ccco2)cc(Br)c1O. The number of ether oxygens (including phenoxy) is 2. The summed E-state index contributed by atoms with van der Waals surface area (Å²) in [6.07, 6.45) is 1.48. The minimum atomic E-state index is -0.979. The molecule has 204 valence electrons. The number of phenols is 1. The molecular formula is C31H26BrNO7. The van der Waals surface area contributed by atoms with Gasteiger partial charge in [-0.15, -0.1) is 0 Å². The van der Waals surface area contributed by atoms with Crippen molar-refractivity contribution in [2.45, 2.75) is 26.1 Å². The number of methoxy groups -OCH3 is 1. The number of rotatable bonds is 8. The van der Waals surface area contributed by atoms with Crippen molar-refractivity contribution in [3.05, 3.63) is 117 Å². The van der Waals surface area contributed by atoms with Crippen LogP contribution < -0.4 is 9.47 Å². The molecule has 1 aliphatic heterocycles. The molecule has 2 heterocycles. The Morgan fingerprint density at radius 2 is 1.82 bits per heavy atom. The average molecular weight is 604 g/mol. The first-order valence-electron chi connectivity index (χ1n) is 12.4. The van der Waals surface area contributed by atoms with Crippen molar-refractivity contribution in [1.82, 2.24) is 4.90 Å². The third-order valence-corrected chi connectivity index (χ3v) is 7.25. The molecule has 8 nitrogen and oxygen atoms in total. The van der Waals surface area contributed by atoms with Crippen LogP contribution in [0, 0.1) is 6.92 Å². The molecule has 0 bridgehead atoms. The Morgan fingerprint density at radius 3 is 2.50 bits per heavy atom. The average Bonchev–Trinajstić information content (AvgIpc) is 3.56. The number of benzene rings is 3. The number of Topliss-reactive ketones (excluding diaryl/α,β-unsaturated/α-hetero) is 1. The molecule has 2 N–H and O–H groups in total. The monoisotopic (exact) mass is 603 g/mol. The molecule has 0 radical (unpaired) electrons. The van der Waals surface area contributed by atoms with E-state index in [9.17, 15) is 19.8 Å². The first-order valence-corrected chi connectivity index (χ1v) is 13.2. The Bertz CT molecular complexity index is 1590. The van der Waals surface area contributed by atoms with Gasteiger partial charge < -0.3 is 29.0 Å². The standard InChI is InChI=1S/C31H26BrNO7/c1-18-5-3-6-19(13-18)17-40-22-10-8-20(9-11-22)28(34)26-27(21-14-24(32)29(35)25(15-21)38-2)33(31(37)30(26)36)16-23-7-4-12-39-23/h3-15,27,34-35H,16-17H2,1-2H3. The quantitative estimate of drug-likeness (QED) is 0.139. The number of furan rings is 1. The molecule has 1 unspecified atom stereocenters. The molecular weight excluding hydrogens is 578 g/mol. The molecule has 9 heteroatoms. The number of amides is 1. The normalized spacial score (nSPS) is 16.4. The number of halogens is 1. The largest absolute Gasteiger partial charge is 0.507 e. The predicted molar refractivity (Wildman–Crippen MR) is 151 cm³/mol. The third kappa shape index (κ3) is 5.33. The Balaban J connectivity index is 1.52. The van der Waals surface area contributed by atoms with Gasteiger partial charge in [0, 0.05) is 5.56 Å². The van der Waals surface area contributed by atoms with E-state index in [2.05, 4.69) is 15.9 Å². The number of nitrogens with zero attached hydrogens (tertiary/aromatic N) is 1. The highest BCUT2D eigenvalue weighted by Gasteiger charge is 2.46. The zero-order valence-corrected chi connectivity index (χ0v) is 23.3. The zero-order chi connectivity index (χ0) is 28.4. The number of aliphatic hydroxyl groups excluding tert-OH is 1. The molecule has 1 fully saturated rings. The van der Waals surface area contributed by atoms with Crippen LogP contribution in [0.5, 0.6) is 17.2 Å². The fourth-order valence-electron chi connectivity index (χ4n) is 4.70. The fourth-order valence-corrected chi connectivity index (χ4v) is 5.16. The Labute approximate surface area is 239 Å². The van der Waals surface area contributed by atoms with E-state index in [-0.39, 0.29) is 29.4 Å². The second kappa shape index (κ2) is 11.3. The minimum absolute atomic E-state index is 0.00836. The first kappa shape index (κ1) is 27.1. The van der Waals surface area contributed by atoms with Crippen LogP contribution in [0.3, 0.4) is 0 Å². The van der Waals surface area contributed by atoms with E-state index in [1.54, 1.807) is 42.5 Å². The van der Waals surface area contributed by atoms with Crippen LogP contribution in [0.4, 0.5) is 0 Å². The number of hydrogen-bond donors (Lipinski definition) is 2. The lowest BCUT2D eigenvalue weighted by molar-refractivity contribution is -0.140. The topological polar surface area (TPSA) is 109 Å². The van der Waals surface area contributed by atoms with Crippen molar-refractivity contribution in [2.75, 3.05) is 7.11 Å². The van der Waals surface area contributed by atoms with E-state index >= 15 is 0 Å². The maximum atomic E-state index is 13.3. The van der Waals surface area contributed by atoms with E-state index in [0.29, 0.717) is 33.7 Å². The number of aromatic hydroxyl groups is 1. The lowest BCUT2D eigenvalue weighted by Crippen LogP contribution is -2.29. The summed E-state index contributed by atoms with van der Waals surface area (Å²) in [5.74, 6) is -0.898. The summed E-state index contributed by atoms with van der Waals surface area (Å²) in [7, 11) is 1.40. The molecule has 1 saturated heterocycles. The van der Waals surface area contributed by atoms with Gasteiger partial charge in [-0.2, -0.15) is 0 Å². The van der Waals surface area contributed by atoms with E-state index in [4.69, 9.17) is 13.9 Å². The molecule has 0 saturated carbocycles. The van der Waals surface area contributed by atoms with Crippen LogP contribution in [0.2, 0.25) is 0 Å². The molecule has 1 atom stereocenters. The van der Waals surface area contributed by atoms with E-state index in [1.807, 2.05) is 31.2 Å². The van der Waals surface area contributed by atoms with Crippen molar-refractivity contribution in [2.24, 2.45) is 0 Å². The maximum absolute atomic E-state index is 13.3. The number of carbonyl (C=O) groups excluding carboxylic acids is 2. The van der Waals surface area contributed by atoms with Gasteiger partial charge in [-0.3, -0.25) is 9.59 Å². The number of aryl methyl sites for hydroxylation is 1. The summed E-state index contributed by atoms with van der Waals surface area (Å²) in [5, 5.41) is 21.7. The Kier molecular flexibility index (Phi) is 7.66. The fraction of sp³-hybridized carbons (Fsp3) is 0.161. The number of aliphatic hydroxyl groups is 1. The number of ketones is 1. The Morgan fingerprint density at radius 1 is 1.05 bits per heavy atom. The summed E-state index contributed by atoms with van der Waals surface area (Å²) in [6.45, 7) is 2.38. The van der Waals surface area contributed by atoms with Crippen molar-refractivity contribution in [3.63, 3.8) is 0 Å². The van der Waals surface area contributed by atoms with Crippen LogP contribution in [0.1, 0.15) is 34.1 Å². The van der Waals surface area contributed by atoms with E-state index in [1.165, 1.54) is 24.3 Å². The van der Waals surface area contributed by atoms with Gasteiger partial charge in [0.05, 0.1) is 36.0 Å². The van der Waals surface area contributed by atoms with Gasteiger partial charge in [0.15, 0.2) is 11.5 Å². The van der Waals surface area contributed by atoms with Crippen molar-refractivity contribution < 1.29 is 33.7 Å². The number of carbonyl (C=O) groups is 2. The number of hydrogen-bond acceptors (Lipinski definition) is 7.